The largest absolute Gasteiger partial charge is 0.463 e. The first-order valence-electron chi connectivity index (χ1n) is 12.1. The maximum atomic E-state index is 13.5. The highest BCUT2D eigenvalue weighted by atomic mass is 16.5. The van der Waals surface area contributed by atoms with Gasteiger partial charge in [-0.3, -0.25) is 4.79 Å². The van der Waals surface area contributed by atoms with Crippen molar-refractivity contribution >= 4 is 11.8 Å². The number of esters is 1. The van der Waals surface area contributed by atoms with Gasteiger partial charge in [-0.2, -0.15) is 0 Å². The highest BCUT2D eigenvalue weighted by Gasteiger charge is 2.64. The fourth-order valence-electron chi connectivity index (χ4n) is 8.34. The fourth-order valence-corrected chi connectivity index (χ4v) is 8.34. The topological polar surface area (TPSA) is 43.4 Å². The number of carbonyl (C=O) groups is 2. The average Bonchev–Trinajstić information content (AvgIpc) is 2.99. The second kappa shape index (κ2) is 7.54. The van der Waals surface area contributed by atoms with E-state index in [4.69, 9.17) is 4.74 Å². The third-order valence-electron chi connectivity index (χ3n) is 10.2. The van der Waals surface area contributed by atoms with Crippen LogP contribution in [-0.2, 0) is 14.3 Å². The molecule has 4 saturated carbocycles. The number of hydrogen-bond acceptors (Lipinski definition) is 3. The summed E-state index contributed by atoms with van der Waals surface area (Å²) in [7, 11) is 0. The Labute approximate surface area is 177 Å². The Morgan fingerprint density at radius 3 is 2.59 bits per heavy atom. The summed E-state index contributed by atoms with van der Waals surface area (Å²) >= 11 is 0. The average molecular weight is 401 g/mol. The SMILES string of the molecule is CCOC(=O)/C=C/CC1CCC2C3C(=O)CC4(C)CCCCC4(C)C3CCC12C. The van der Waals surface area contributed by atoms with Crippen LogP contribution in [0.15, 0.2) is 12.2 Å². The molecule has 0 aromatic heterocycles. The lowest BCUT2D eigenvalue weighted by atomic mass is 9.40. The van der Waals surface area contributed by atoms with Crippen molar-refractivity contribution in [3.63, 3.8) is 0 Å². The van der Waals surface area contributed by atoms with Gasteiger partial charge in [0.15, 0.2) is 0 Å². The van der Waals surface area contributed by atoms with Gasteiger partial charge < -0.3 is 4.74 Å². The van der Waals surface area contributed by atoms with Gasteiger partial charge in [0.2, 0.25) is 0 Å². The number of allylic oxidation sites excluding steroid dienone is 1. The van der Waals surface area contributed by atoms with Crippen LogP contribution in [0.4, 0.5) is 0 Å². The summed E-state index contributed by atoms with van der Waals surface area (Å²) in [4.78, 5) is 25.2. The fraction of sp³-hybridized carbons (Fsp3) is 0.846. The van der Waals surface area contributed by atoms with E-state index in [-0.39, 0.29) is 22.7 Å². The van der Waals surface area contributed by atoms with Crippen LogP contribution in [0.2, 0.25) is 0 Å². The lowest BCUT2D eigenvalue weighted by Gasteiger charge is -2.63. The molecule has 0 radical (unpaired) electrons. The molecule has 29 heavy (non-hydrogen) atoms. The van der Waals surface area contributed by atoms with Gasteiger partial charge in [0.25, 0.3) is 0 Å². The summed E-state index contributed by atoms with van der Waals surface area (Å²) in [5.41, 5.74) is 0.805. The van der Waals surface area contributed by atoms with E-state index in [1.54, 1.807) is 6.08 Å². The molecule has 0 amide bonds. The summed E-state index contributed by atoms with van der Waals surface area (Å²) in [5.74, 6) is 2.33. The van der Waals surface area contributed by atoms with E-state index in [0.29, 0.717) is 35.6 Å². The lowest BCUT2D eigenvalue weighted by molar-refractivity contribution is -0.171. The Morgan fingerprint density at radius 1 is 1.07 bits per heavy atom. The molecule has 0 aromatic rings. The number of hydrogen-bond donors (Lipinski definition) is 0. The molecule has 0 aliphatic heterocycles. The first kappa shape index (κ1) is 21.1. The Bertz CT molecular complexity index is 696. The van der Waals surface area contributed by atoms with Crippen LogP contribution in [0, 0.1) is 39.9 Å². The van der Waals surface area contributed by atoms with Gasteiger partial charge in [-0.15, -0.1) is 0 Å². The van der Waals surface area contributed by atoms with Gasteiger partial charge in [0, 0.05) is 18.4 Å². The van der Waals surface area contributed by atoms with Crippen molar-refractivity contribution in [3.8, 4) is 0 Å². The van der Waals surface area contributed by atoms with Gasteiger partial charge in [-0.1, -0.05) is 39.7 Å². The van der Waals surface area contributed by atoms with Crippen molar-refractivity contribution < 1.29 is 14.3 Å². The third kappa shape index (κ3) is 3.22. The minimum Gasteiger partial charge on any atom is -0.463 e. The van der Waals surface area contributed by atoms with Crippen LogP contribution < -0.4 is 0 Å². The predicted octanol–water partition coefficient (Wildman–Crippen LogP) is 6.11. The van der Waals surface area contributed by atoms with E-state index in [0.717, 1.165) is 12.8 Å². The van der Waals surface area contributed by atoms with Gasteiger partial charge >= 0.3 is 5.97 Å². The molecule has 0 saturated heterocycles. The Balaban J connectivity index is 1.54. The van der Waals surface area contributed by atoms with Crippen molar-refractivity contribution in [3.05, 3.63) is 12.2 Å². The Hall–Kier alpha value is -1.12. The summed E-state index contributed by atoms with van der Waals surface area (Å²) in [5, 5.41) is 0. The molecule has 0 heterocycles. The predicted molar refractivity (Wildman–Crippen MR) is 115 cm³/mol. The third-order valence-corrected chi connectivity index (χ3v) is 10.2. The summed E-state index contributed by atoms with van der Waals surface area (Å²) in [6, 6.07) is 0. The number of rotatable bonds is 4. The summed E-state index contributed by atoms with van der Waals surface area (Å²) in [6.45, 7) is 9.67. The van der Waals surface area contributed by atoms with Gasteiger partial charge in [0.1, 0.15) is 5.78 Å². The van der Waals surface area contributed by atoms with E-state index >= 15 is 0 Å². The van der Waals surface area contributed by atoms with Crippen molar-refractivity contribution in [1.29, 1.82) is 0 Å². The zero-order valence-corrected chi connectivity index (χ0v) is 19.0. The normalized spacial score (nSPS) is 46.8. The van der Waals surface area contributed by atoms with Crippen LogP contribution in [0.3, 0.4) is 0 Å². The number of fused-ring (bicyclic) bond motifs is 5. The van der Waals surface area contributed by atoms with E-state index in [1.807, 2.05) is 13.0 Å². The van der Waals surface area contributed by atoms with E-state index in [1.165, 1.54) is 51.4 Å². The van der Waals surface area contributed by atoms with E-state index in [2.05, 4.69) is 20.8 Å². The minimum absolute atomic E-state index is 0.220. The van der Waals surface area contributed by atoms with Crippen molar-refractivity contribution in [2.45, 2.75) is 91.9 Å². The molecule has 4 rings (SSSR count). The van der Waals surface area contributed by atoms with Gasteiger partial charge in [0.05, 0.1) is 6.61 Å². The maximum absolute atomic E-state index is 13.5. The first-order valence-corrected chi connectivity index (χ1v) is 12.1. The Morgan fingerprint density at radius 2 is 1.83 bits per heavy atom. The molecule has 4 aliphatic rings. The van der Waals surface area contributed by atoms with Crippen LogP contribution in [0.5, 0.6) is 0 Å². The molecule has 7 unspecified atom stereocenters. The molecule has 0 spiro atoms. The summed E-state index contributed by atoms with van der Waals surface area (Å²) in [6.07, 6.45) is 15.4. The molecule has 4 fully saturated rings. The first-order chi connectivity index (χ1) is 13.7. The zero-order chi connectivity index (χ0) is 20.9. The molecule has 3 heteroatoms. The monoisotopic (exact) mass is 400 g/mol. The standard InChI is InChI=1S/C26H40O3/c1-5-29-22(28)10-8-9-18-11-12-19-23-20(13-16-25(18,19)3)26(4)15-7-6-14-24(26,2)17-21(23)27/h8,10,18-20,23H,5-7,9,11-17H2,1-4H3/b10-8+. The minimum atomic E-state index is -0.233. The van der Waals surface area contributed by atoms with Crippen molar-refractivity contribution in [2.75, 3.05) is 6.61 Å². The van der Waals surface area contributed by atoms with E-state index < -0.39 is 0 Å². The number of Topliss-reactive ketones (excluding diaryl/α,β-unsaturated/α-hetero) is 1. The molecule has 7 atom stereocenters. The second-order valence-corrected chi connectivity index (χ2v) is 11.3. The second-order valence-electron chi connectivity index (χ2n) is 11.3. The molecular formula is C26H40O3. The highest BCUT2D eigenvalue weighted by Crippen LogP contribution is 2.70. The highest BCUT2D eigenvalue weighted by molar-refractivity contribution is 5.84. The van der Waals surface area contributed by atoms with E-state index in [9.17, 15) is 9.59 Å². The quantitative estimate of drug-likeness (QED) is 0.422. The molecule has 0 bridgehead atoms. The van der Waals surface area contributed by atoms with Gasteiger partial charge in [-0.25, -0.2) is 4.79 Å². The van der Waals surface area contributed by atoms with Crippen LogP contribution >= 0.6 is 0 Å². The smallest absolute Gasteiger partial charge is 0.330 e. The van der Waals surface area contributed by atoms with Crippen LogP contribution in [0.1, 0.15) is 91.9 Å². The molecule has 0 N–H and O–H groups in total. The molecular weight excluding hydrogens is 360 g/mol. The molecule has 0 aromatic carbocycles. The lowest BCUT2D eigenvalue weighted by Crippen LogP contribution is -2.60. The van der Waals surface area contributed by atoms with Crippen molar-refractivity contribution in [2.24, 2.45) is 39.9 Å². The summed E-state index contributed by atoms with van der Waals surface area (Å²) < 4.78 is 5.02. The maximum Gasteiger partial charge on any atom is 0.330 e. The van der Waals surface area contributed by atoms with Gasteiger partial charge in [-0.05, 0) is 85.9 Å². The zero-order valence-electron chi connectivity index (χ0n) is 19.0. The van der Waals surface area contributed by atoms with Crippen molar-refractivity contribution in [1.82, 2.24) is 0 Å². The van der Waals surface area contributed by atoms with Crippen LogP contribution in [0.25, 0.3) is 0 Å². The molecule has 4 aliphatic carbocycles. The molecule has 162 valence electrons. The number of carbonyl (C=O) groups excluding carboxylic acids is 2. The Kier molecular flexibility index (Phi) is 5.49. The number of ketones is 1. The number of ether oxygens (including phenoxy) is 1. The molecule has 3 nitrogen and oxygen atoms in total. The van der Waals surface area contributed by atoms with Crippen LogP contribution in [-0.4, -0.2) is 18.4 Å².